The number of rotatable bonds is 6. The molecule has 0 atom stereocenters. The Morgan fingerprint density at radius 2 is 1.79 bits per heavy atom. The van der Waals surface area contributed by atoms with Crippen LogP contribution < -0.4 is 5.32 Å². The van der Waals surface area contributed by atoms with Crippen molar-refractivity contribution in [2.45, 2.75) is 29.3 Å². The van der Waals surface area contributed by atoms with Crippen molar-refractivity contribution in [2.75, 3.05) is 24.2 Å². The van der Waals surface area contributed by atoms with Gasteiger partial charge in [0.2, 0.25) is 15.9 Å². The van der Waals surface area contributed by atoms with Crippen LogP contribution in [0.3, 0.4) is 0 Å². The maximum atomic E-state index is 12.7. The van der Waals surface area contributed by atoms with Crippen LogP contribution in [0.25, 0.3) is 5.65 Å². The molecule has 0 bridgehead atoms. The summed E-state index contributed by atoms with van der Waals surface area (Å²) in [6, 6.07) is 11.9. The second-order valence-corrected chi connectivity index (χ2v) is 9.62. The Labute approximate surface area is 173 Å². The highest BCUT2D eigenvalue weighted by molar-refractivity contribution is 7.99. The van der Waals surface area contributed by atoms with Gasteiger partial charge in [-0.25, -0.2) is 8.42 Å². The van der Waals surface area contributed by atoms with Crippen molar-refractivity contribution in [3.8, 4) is 0 Å². The predicted molar refractivity (Wildman–Crippen MR) is 111 cm³/mol. The van der Waals surface area contributed by atoms with Gasteiger partial charge in [-0.05, 0) is 49.2 Å². The molecule has 1 fully saturated rings. The average Bonchev–Trinajstić information content (AvgIpc) is 3.16. The van der Waals surface area contributed by atoms with Crippen molar-refractivity contribution in [3.63, 3.8) is 0 Å². The lowest BCUT2D eigenvalue weighted by Crippen LogP contribution is -2.35. The normalized spacial score (nSPS) is 15.4. The van der Waals surface area contributed by atoms with E-state index in [2.05, 4.69) is 15.5 Å². The standard InChI is InChI=1S/C19H21N5O3S2/c25-18(14-28-19-22-21-17-6-2-5-13-24(17)19)20-15-7-9-16(10-8-15)29(26,27)23-11-3-1-4-12-23/h2,5-10,13H,1,3-4,11-12,14H2,(H,20,25). The summed E-state index contributed by atoms with van der Waals surface area (Å²) in [5, 5.41) is 11.6. The molecular weight excluding hydrogens is 410 g/mol. The summed E-state index contributed by atoms with van der Waals surface area (Å²) in [4.78, 5) is 12.5. The van der Waals surface area contributed by atoms with Crippen LogP contribution >= 0.6 is 11.8 Å². The minimum Gasteiger partial charge on any atom is -0.325 e. The summed E-state index contributed by atoms with van der Waals surface area (Å²) < 4.78 is 28.7. The summed E-state index contributed by atoms with van der Waals surface area (Å²) in [7, 11) is -3.47. The number of amides is 1. The molecule has 0 unspecified atom stereocenters. The molecule has 2 aromatic heterocycles. The van der Waals surface area contributed by atoms with E-state index in [1.807, 2.05) is 28.8 Å². The van der Waals surface area contributed by atoms with Crippen LogP contribution in [-0.4, -0.2) is 52.1 Å². The molecule has 3 aromatic rings. The Kier molecular flexibility index (Phi) is 5.84. The van der Waals surface area contributed by atoms with E-state index in [4.69, 9.17) is 0 Å². The molecule has 8 nitrogen and oxygen atoms in total. The van der Waals surface area contributed by atoms with Crippen molar-refractivity contribution in [2.24, 2.45) is 0 Å². The van der Waals surface area contributed by atoms with Crippen molar-refractivity contribution in [1.29, 1.82) is 0 Å². The number of fused-ring (bicyclic) bond motifs is 1. The van der Waals surface area contributed by atoms with Crippen LogP contribution in [0.4, 0.5) is 5.69 Å². The zero-order chi connectivity index (χ0) is 20.3. The molecule has 1 aliphatic heterocycles. The quantitative estimate of drug-likeness (QED) is 0.603. The highest BCUT2D eigenvalue weighted by Gasteiger charge is 2.25. The molecule has 1 saturated heterocycles. The Balaban J connectivity index is 1.36. The second-order valence-electron chi connectivity index (χ2n) is 6.74. The third-order valence-corrected chi connectivity index (χ3v) is 7.56. The summed E-state index contributed by atoms with van der Waals surface area (Å²) >= 11 is 1.28. The fourth-order valence-electron chi connectivity index (χ4n) is 3.21. The highest BCUT2D eigenvalue weighted by atomic mass is 32.2. The first-order valence-corrected chi connectivity index (χ1v) is 11.8. The van der Waals surface area contributed by atoms with E-state index in [0.717, 1.165) is 24.9 Å². The number of aromatic nitrogens is 3. The van der Waals surface area contributed by atoms with Crippen molar-refractivity contribution < 1.29 is 13.2 Å². The molecule has 10 heteroatoms. The first-order chi connectivity index (χ1) is 14.0. The number of anilines is 1. The van der Waals surface area contributed by atoms with E-state index in [1.165, 1.54) is 16.1 Å². The molecular formula is C19H21N5O3S2. The monoisotopic (exact) mass is 431 g/mol. The van der Waals surface area contributed by atoms with Gasteiger partial charge in [0.25, 0.3) is 0 Å². The molecule has 4 rings (SSSR count). The number of sulfonamides is 1. The largest absolute Gasteiger partial charge is 0.325 e. The number of thioether (sulfide) groups is 1. The van der Waals surface area contributed by atoms with E-state index in [-0.39, 0.29) is 16.6 Å². The fraction of sp³-hybridized carbons (Fsp3) is 0.316. The lowest BCUT2D eigenvalue weighted by molar-refractivity contribution is -0.113. The van der Waals surface area contributed by atoms with Gasteiger partial charge < -0.3 is 5.32 Å². The minimum absolute atomic E-state index is 0.170. The van der Waals surface area contributed by atoms with Gasteiger partial charge in [-0.3, -0.25) is 9.20 Å². The number of benzene rings is 1. The third-order valence-electron chi connectivity index (χ3n) is 4.71. The predicted octanol–water partition coefficient (Wildman–Crippen LogP) is 2.63. The second kappa shape index (κ2) is 8.52. The molecule has 3 heterocycles. The fourth-order valence-corrected chi connectivity index (χ4v) is 5.45. The smallest absolute Gasteiger partial charge is 0.243 e. The maximum Gasteiger partial charge on any atom is 0.243 e. The van der Waals surface area contributed by atoms with E-state index in [0.29, 0.717) is 23.9 Å². The van der Waals surface area contributed by atoms with Crippen LogP contribution in [0.1, 0.15) is 19.3 Å². The molecule has 0 spiro atoms. The third kappa shape index (κ3) is 4.44. The summed E-state index contributed by atoms with van der Waals surface area (Å²) in [5.74, 6) is -0.0296. The van der Waals surface area contributed by atoms with Gasteiger partial charge in [-0.2, -0.15) is 4.31 Å². The van der Waals surface area contributed by atoms with Crippen LogP contribution in [0.2, 0.25) is 0 Å². The molecule has 29 heavy (non-hydrogen) atoms. The number of nitrogens with zero attached hydrogens (tertiary/aromatic N) is 4. The zero-order valence-corrected chi connectivity index (χ0v) is 17.3. The number of hydrogen-bond donors (Lipinski definition) is 1. The maximum absolute atomic E-state index is 12.7. The van der Waals surface area contributed by atoms with Gasteiger partial charge in [-0.1, -0.05) is 24.2 Å². The molecule has 1 N–H and O–H groups in total. The Bertz CT molecular complexity index is 1110. The first kappa shape index (κ1) is 19.9. The summed E-state index contributed by atoms with van der Waals surface area (Å²) in [6.07, 6.45) is 4.70. The molecule has 1 aromatic carbocycles. The molecule has 1 amide bonds. The Morgan fingerprint density at radius 3 is 2.55 bits per heavy atom. The SMILES string of the molecule is O=C(CSc1nnc2ccccn12)Nc1ccc(S(=O)(=O)N2CCCCC2)cc1. The lowest BCUT2D eigenvalue weighted by Gasteiger charge is -2.25. The van der Waals surface area contributed by atoms with Gasteiger partial charge in [-0.15, -0.1) is 10.2 Å². The van der Waals surface area contributed by atoms with Crippen LogP contribution in [0, 0.1) is 0 Å². The van der Waals surface area contributed by atoms with E-state index >= 15 is 0 Å². The topological polar surface area (TPSA) is 96.7 Å². The van der Waals surface area contributed by atoms with Gasteiger partial charge in [0.15, 0.2) is 10.8 Å². The summed E-state index contributed by atoms with van der Waals surface area (Å²) in [5.41, 5.74) is 1.28. The lowest BCUT2D eigenvalue weighted by atomic mass is 10.2. The molecule has 0 radical (unpaired) electrons. The Hall–Kier alpha value is -2.43. The van der Waals surface area contributed by atoms with Crippen LogP contribution in [-0.2, 0) is 14.8 Å². The number of carbonyl (C=O) groups excluding carboxylic acids is 1. The highest BCUT2D eigenvalue weighted by Crippen LogP contribution is 2.22. The number of hydrogen-bond acceptors (Lipinski definition) is 6. The first-order valence-electron chi connectivity index (χ1n) is 9.37. The van der Waals surface area contributed by atoms with Crippen LogP contribution in [0.15, 0.2) is 58.7 Å². The van der Waals surface area contributed by atoms with Crippen molar-refractivity contribution in [1.82, 2.24) is 18.9 Å². The van der Waals surface area contributed by atoms with Gasteiger partial charge in [0.1, 0.15) is 0 Å². The van der Waals surface area contributed by atoms with Gasteiger partial charge >= 0.3 is 0 Å². The number of pyridine rings is 1. The van der Waals surface area contributed by atoms with E-state index < -0.39 is 10.0 Å². The van der Waals surface area contributed by atoms with E-state index in [9.17, 15) is 13.2 Å². The number of nitrogens with one attached hydrogen (secondary N) is 1. The molecule has 0 aliphatic carbocycles. The zero-order valence-electron chi connectivity index (χ0n) is 15.7. The van der Waals surface area contributed by atoms with Crippen molar-refractivity contribution in [3.05, 3.63) is 48.7 Å². The molecule has 1 aliphatic rings. The van der Waals surface area contributed by atoms with Crippen LogP contribution in [0.5, 0.6) is 0 Å². The molecule has 152 valence electrons. The van der Waals surface area contributed by atoms with Gasteiger partial charge in [0, 0.05) is 25.0 Å². The van der Waals surface area contributed by atoms with E-state index in [1.54, 1.807) is 24.3 Å². The Morgan fingerprint density at radius 1 is 1.03 bits per heavy atom. The minimum atomic E-state index is -3.47. The number of carbonyl (C=O) groups is 1. The average molecular weight is 432 g/mol. The number of piperidine rings is 1. The van der Waals surface area contributed by atoms with Crippen molar-refractivity contribution >= 4 is 39.0 Å². The van der Waals surface area contributed by atoms with Gasteiger partial charge in [0.05, 0.1) is 10.6 Å². The summed E-state index contributed by atoms with van der Waals surface area (Å²) in [6.45, 7) is 1.13. The molecule has 0 saturated carbocycles.